The van der Waals surface area contributed by atoms with Gasteiger partial charge in [0.05, 0.1) is 28.1 Å². The molecule has 0 amide bonds. The van der Waals surface area contributed by atoms with Crippen LogP contribution < -0.4 is 4.90 Å². The van der Waals surface area contributed by atoms with Gasteiger partial charge in [0.15, 0.2) is 0 Å². The van der Waals surface area contributed by atoms with E-state index in [0.717, 1.165) is 44.9 Å². The van der Waals surface area contributed by atoms with E-state index in [1.165, 1.54) is 99.8 Å². The summed E-state index contributed by atoms with van der Waals surface area (Å²) in [7, 11) is 0. The van der Waals surface area contributed by atoms with E-state index in [-0.39, 0.29) is 6.04 Å². The minimum absolute atomic E-state index is 0.272. The number of rotatable bonds is 9. The molecule has 2 aromatic heterocycles. The number of hydrogen-bond acceptors (Lipinski definition) is 1. The smallest absolute Gasteiger partial charge is 0.0559 e. The molecule has 5 aliphatic carbocycles. The molecule has 0 saturated heterocycles. The molecule has 3 heteroatoms. The lowest BCUT2D eigenvalue weighted by molar-refractivity contribution is 0.476. The highest BCUT2D eigenvalue weighted by Crippen LogP contribution is 2.41. The van der Waals surface area contributed by atoms with Crippen LogP contribution in [0.1, 0.15) is 61.6 Å². The largest absolute Gasteiger partial charge is 0.335 e. The van der Waals surface area contributed by atoms with Crippen LogP contribution in [0.5, 0.6) is 0 Å². The second-order valence-corrected chi connectivity index (χ2v) is 19.3. The maximum absolute atomic E-state index is 2.55. The van der Waals surface area contributed by atoms with Crippen LogP contribution in [0, 0.1) is 11.8 Å². The lowest BCUT2D eigenvalue weighted by Gasteiger charge is -2.36. The van der Waals surface area contributed by atoms with Gasteiger partial charge in [0.25, 0.3) is 0 Å². The lowest BCUT2D eigenvalue weighted by atomic mass is 9.80. The molecule has 3 nitrogen and oxygen atoms in total. The minimum atomic E-state index is 0.272. The fourth-order valence-electron chi connectivity index (χ4n) is 11.8. The summed E-state index contributed by atoms with van der Waals surface area (Å²) >= 11 is 0. The number of para-hydroxylation sites is 3. The van der Waals surface area contributed by atoms with Crippen molar-refractivity contribution < 1.29 is 0 Å². The number of benzene rings is 6. The number of fused-ring (bicyclic) bond motifs is 6. The zero-order valence-electron chi connectivity index (χ0n) is 39.0. The first-order valence-corrected chi connectivity index (χ1v) is 25.1. The van der Waals surface area contributed by atoms with Crippen molar-refractivity contribution >= 4 is 71.7 Å². The Morgan fingerprint density at radius 3 is 1.75 bits per heavy atom. The van der Waals surface area contributed by atoms with Crippen LogP contribution in [0.15, 0.2) is 236 Å². The van der Waals surface area contributed by atoms with Gasteiger partial charge in [-0.1, -0.05) is 158 Å². The SMILES string of the molecule is C1=CCC(N(C2=CCC(C3C=CC(c4ccc5c(c4)c4ccccc4n5-c4ccccc4)=CC3)C=C2)c2ccc(C3=CC=C(c4ccc5c(c4)c4ccccc4n5C4=CCCC=C4)CC3)cc2)C=C1. The highest BCUT2D eigenvalue weighted by Gasteiger charge is 2.26. The Bertz CT molecular complexity index is 3640. The Morgan fingerprint density at radius 1 is 0.449 bits per heavy atom. The van der Waals surface area contributed by atoms with Crippen molar-refractivity contribution in [1.82, 2.24) is 9.13 Å². The molecule has 334 valence electrons. The van der Waals surface area contributed by atoms with Crippen molar-refractivity contribution in [2.75, 3.05) is 4.90 Å². The predicted molar refractivity (Wildman–Crippen MR) is 294 cm³/mol. The number of aromatic nitrogens is 2. The second kappa shape index (κ2) is 17.6. The van der Waals surface area contributed by atoms with Gasteiger partial charge < -0.3 is 14.0 Å². The molecule has 0 saturated carbocycles. The molecule has 8 aromatic rings. The van der Waals surface area contributed by atoms with Crippen LogP contribution >= 0.6 is 0 Å². The topological polar surface area (TPSA) is 13.1 Å². The van der Waals surface area contributed by atoms with Crippen LogP contribution in [0.3, 0.4) is 0 Å². The summed E-state index contributed by atoms with van der Waals surface area (Å²) in [5, 5.41) is 5.23. The van der Waals surface area contributed by atoms with Gasteiger partial charge in [-0.3, -0.25) is 0 Å². The molecule has 2 heterocycles. The molecular formula is C66H55N3. The van der Waals surface area contributed by atoms with Gasteiger partial charge in [-0.15, -0.1) is 0 Å². The number of allylic oxidation sites excluding steroid dienone is 17. The minimum Gasteiger partial charge on any atom is -0.335 e. The van der Waals surface area contributed by atoms with E-state index in [2.05, 4.69) is 245 Å². The quantitative estimate of drug-likeness (QED) is 0.141. The van der Waals surface area contributed by atoms with Crippen molar-refractivity contribution in [3.8, 4) is 5.69 Å². The average molecular weight is 890 g/mol. The molecular weight excluding hydrogens is 835 g/mol. The third kappa shape index (κ3) is 7.54. The first-order valence-electron chi connectivity index (χ1n) is 25.1. The highest BCUT2D eigenvalue weighted by atomic mass is 15.2. The maximum Gasteiger partial charge on any atom is 0.0559 e. The van der Waals surface area contributed by atoms with Gasteiger partial charge in [0, 0.05) is 44.3 Å². The first-order chi connectivity index (χ1) is 34.2. The number of nitrogens with zero attached hydrogens (tertiary/aromatic N) is 3. The molecule has 5 aliphatic rings. The van der Waals surface area contributed by atoms with Gasteiger partial charge >= 0.3 is 0 Å². The highest BCUT2D eigenvalue weighted by molar-refractivity contribution is 6.12. The maximum atomic E-state index is 2.55. The van der Waals surface area contributed by atoms with Gasteiger partial charge in [0.1, 0.15) is 0 Å². The summed E-state index contributed by atoms with van der Waals surface area (Å²) in [6.45, 7) is 0. The van der Waals surface area contributed by atoms with Crippen molar-refractivity contribution in [3.63, 3.8) is 0 Å². The molecule has 6 aromatic carbocycles. The van der Waals surface area contributed by atoms with Crippen LogP contribution in [-0.2, 0) is 0 Å². The van der Waals surface area contributed by atoms with E-state index in [4.69, 9.17) is 0 Å². The zero-order valence-corrected chi connectivity index (χ0v) is 39.0. The molecule has 69 heavy (non-hydrogen) atoms. The average Bonchev–Trinajstić information content (AvgIpc) is 3.94. The monoisotopic (exact) mass is 889 g/mol. The van der Waals surface area contributed by atoms with Gasteiger partial charge in [-0.2, -0.15) is 0 Å². The molecule has 3 unspecified atom stereocenters. The van der Waals surface area contributed by atoms with Crippen molar-refractivity contribution in [1.29, 1.82) is 0 Å². The fraction of sp³-hybridized carbons (Fsp3) is 0.152. The molecule has 0 aliphatic heterocycles. The molecule has 0 fully saturated rings. The summed E-state index contributed by atoms with van der Waals surface area (Å²) in [5.74, 6) is 0.942. The van der Waals surface area contributed by atoms with Gasteiger partial charge in [-0.05, 0) is 163 Å². The zero-order chi connectivity index (χ0) is 45.7. The summed E-state index contributed by atoms with van der Waals surface area (Å²) < 4.78 is 4.83. The Kier molecular flexibility index (Phi) is 10.6. The predicted octanol–water partition coefficient (Wildman–Crippen LogP) is 17.2. The number of hydrogen-bond donors (Lipinski definition) is 0. The third-order valence-corrected chi connectivity index (χ3v) is 15.3. The van der Waals surface area contributed by atoms with Crippen molar-refractivity contribution in [2.45, 2.75) is 51.0 Å². The van der Waals surface area contributed by atoms with E-state index < -0.39 is 0 Å². The molecule has 13 rings (SSSR count). The van der Waals surface area contributed by atoms with Crippen molar-refractivity contribution in [3.05, 3.63) is 253 Å². The normalized spacial score (nSPS) is 20.1. The van der Waals surface area contributed by atoms with Crippen molar-refractivity contribution in [2.24, 2.45) is 11.8 Å². The van der Waals surface area contributed by atoms with E-state index >= 15 is 0 Å². The standard InChI is InChI=1S/C66H55N3/c1-4-14-54(15-5-1)67(57-38-32-48(33-39-57)46-24-28-50(29-25-46)52-36-42-65-61(44-52)59-20-10-12-22-63(59)68(65)55-16-6-2-7-17-55)58-40-34-49(35-41-58)47-26-30-51(31-27-47)53-37-43-66-62(45-53)60-21-11-13-23-64(60)69(66)56-18-8-3-9-19-56/h1-2,4-8,10-14,16-24,26,28-30,32,34-46,48,54H,3,9,15,25,27,31,33H2. The van der Waals surface area contributed by atoms with Crippen LogP contribution in [0.25, 0.3) is 71.7 Å². The molecule has 0 spiro atoms. The molecule has 0 bridgehead atoms. The lowest BCUT2D eigenvalue weighted by Crippen LogP contribution is -2.34. The van der Waals surface area contributed by atoms with E-state index in [9.17, 15) is 0 Å². The Labute approximate surface area is 405 Å². The summed E-state index contributed by atoms with van der Waals surface area (Å²) in [6.07, 6.45) is 42.7. The third-order valence-electron chi connectivity index (χ3n) is 15.3. The summed E-state index contributed by atoms with van der Waals surface area (Å²) in [6, 6.07) is 52.1. The van der Waals surface area contributed by atoms with Crippen LogP contribution in [0.4, 0.5) is 5.69 Å². The summed E-state index contributed by atoms with van der Waals surface area (Å²) in [4.78, 5) is 2.55. The fourth-order valence-corrected chi connectivity index (χ4v) is 11.8. The summed E-state index contributed by atoms with van der Waals surface area (Å²) in [5.41, 5.74) is 18.1. The molecule has 0 radical (unpaired) electrons. The Morgan fingerprint density at radius 2 is 1.09 bits per heavy atom. The molecule has 3 atom stereocenters. The number of anilines is 1. The Hall–Kier alpha value is -7.88. The van der Waals surface area contributed by atoms with Crippen LogP contribution in [0.2, 0.25) is 0 Å². The first kappa shape index (κ1) is 41.3. The van der Waals surface area contributed by atoms with Crippen LogP contribution in [-0.4, -0.2) is 15.2 Å². The van der Waals surface area contributed by atoms with E-state index in [0.29, 0.717) is 11.8 Å². The second-order valence-electron chi connectivity index (χ2n) is 19.3. The Balaban J connectivity index is 0.711. The van der Waals surface area contributed by atoms with Gasteiger partial charge in [-0.25, -0.2) is 0 Å². The van der Waals surface area contributed by atoms with E-state index in [1.807, 2.05) is 0 Å². The van der Waals surface area contributed by atoms with E-state index in [1.54, 1.807) is 0 Å². The molecule has 0 N–H and O–H groups in total. The van der Waals surface area contributed by atoms with Gasteiger partial charge in [0.2, 0.25) is 0 Å².